The maximum absolute atomic E-state index is 13.0. The maximum Gasteiger partial charge on any atom is 0.293 e. The van der Waals surface area contributed by atoms with E-state index in [9.17, 15) is 14.9 Å². The van der Waals surface area contributed by atoms with E-state index < -0.39 is 11.1 Å². The lowest BCUT2D eigenvalue weighted by atomic mass is 10.1. The first kappa shape index (κ1) is 22.9. The van der Waals surface area contributed by atoms with Crippen LogP contribution in [0.3, 0.4) is 0 Å². The number of thioether (sulfide) groups is 1. The number of hydrogen-bond donors (Lipinski definition) is 0. The smallest absolute Gasteiger partial charge is 0.293 e. The van der Waals surface area contributed by atoms with Gasteiger partial charge in [-0.3, -0.25) is 14.5 Å². The van der Waals surface area contributed by atoms with Crippen molar-refractivity contribution >= 4 is 52.2 Å². The molecule has 1 saturated heterocycles. The molecule has 0 aliphatic carbocycles. The molecule has 0 N–H and O–H groups in total. The van der Waals surface area contributed by atoms with Gasteiger partial charge in [0.2, 0.25) is 0 Å². The quantitative estimate of drug-likeness (QED) is 0.357. The molecule has 8 heteroatoms. The summed E-state index contributed by atoms with van der Waals surface area (Å²) in [6, 6.07) is 21.4. The average molecular weight is 495 g/mol. The lowest BCUT2D eigenvalue weighted by Crippen LogP contribution is -2.27. The van der Waals surface area contributed by atoms with Crippen molar-refractivity contribution in [2.24, 2.45) is 0 Å². The number of benzene rings is 3. The molecule has 1 heterocycles. The number of hydrogen-bond acceptors (Lipinski definition) is 5. The molecule has 1 fully saturated rings. The molecule has 2 amide bonds. The molecule has 1 aliphatic rings. The molecular formula is C25H16Cl2N2O3S. The van der Waals surface area contributed by atoms with Crippen LogP contribution in [0.25, 0.3) is 6.08 Å². The fourth-order valence-electron chi connectivity index (χ4n) is 3.27. The molecule has 3 aromatic rings. The van der Waals surface area contributed by atoms with Crippen LogP contribution in [-0.2, 0) is 17.9 Å². The molecule has 0 atom stereocenters. The average Bonchev–Trinajstić information content (AvgIpc) is 3.06. The molecule has 4 rings (SSSR count). The monoisotopic (exact) mass is 494 g/mol. The van der Waals surface area contributed by atoms with E-state index in [1.54, 1.807) is 54.6 Å². The topological polar surface area (TPSA) is 70.4 Å². The van der Waals surface area contributed by atoms with Gasteiger partial charge in [0.05, 0.1) is 23.1 Å². The van der Waals surface area contributed by atoms with Crippen LogP contribution >= 0.6 is 35.0 Å². The van der Waals surface area contributed by atoms with Gasteiger partial charge in [0.15, 0.2) is 0 Å². The summed E-state index contributed by atoms with van der Waals surface area (Å²) in [4.78, 5) is 26.9. The summed E-state index contributed by atoms with van der Waals surface area (Å²) in [5.74, 6) is 0.0829. The Bertz CT molecular complexity index is 1320. The van der Waals surface area contributed by atoms with Gasteiger partial charge in [-0.25, -0.2) is 0 Å². The third-order valence-corrected chi connectivity index (χ3v) is 6.26. The van der Waals surface area contributed by atoms with E-state index in [0.717, 1.165) is 22.2 Å². The summed E-state index contributed by atoms with van der Waals surface area (Å²) in [5.41, 5.74) is 2.50. The predicted octanol–water partition coefficient (Wildman–Crippen LogP) is 6.68. The van der Waals surface area contributed by atoms with Crippen LogP contribution < -0.4 is 4.74 Å². The SMILES string of the molecule is N#Cc1ccccc1CN1C(=O)S/C(=C/c2cc(Cl)ccc2OCc2cccc(Cl)c2)C1=O. The van der Waals surface area contributed by atoms with Gasteiger partial charge in [0, 0.05) is 15.6 Å². The normalized spacial score (nSPS) is 14.6. The number of amides is 2. The standard InChI is InChI=1S/C25H16Cl2N2O3S/c26-20-7-3-4-16(10-20)15-32-22-9-8-21(27)11-19(22)12-23-24(30)29(25(31)33-23)14-18-6-2-1-5-17(18)13-28/h1-12H,14-15H2/b23-12+. The highest BCUT2D eigenvalue weighted by atomic mass is 35.5. The molecule has 33 heavy (non-hydrogen) atoms. The van der Waals surface area contributed by atoms with E-state index in [1.807, 2.05) is 18.2 Å². The predicted molar refractivity (Wildman–Crippen MR) is 130 cm³/mol. The van der Waals surface area contributed by atoms with Crippen molar-refractivity contribution in [1.82, 2.24) is 4.90 Å². The Kier molecular flexibility index (Phi) is 7.05. The number of carbonyl (C=O) groups excluding carboxylic acids is 2. The van der Waals surface area contributed by atoms with Gasteiger partial charge in [-0.1, -0.05) is 53.5 Å². The Hall–Kier alpha value is -3.24. The van der Waals surface area contributed by atoms with E-state index >= 15 is 0 Å². The minimum atomic E-state index is -0.432. The summed E-state index contributed by atoms with van der Waals surface area (Å²) in [5, 5.41) is 9.97. The lowest BCUT2D eigenvalue weighted by molar-refractivity contribution is -0.123. The summed E-state index contributed by atoms with van der Waals surface area (Å²) in [6.45, 7) is 0.300. The van der Waals surface area contributed by atoms with Crippen molar-refractivity contribution < 1.29 is 14.3 Å². The van der Waals surface area contributed by atoms with E-state index in [1.165, 1.54) is 0 Å². The zero-order valence-electron chi connectivity index (χ0n) is 17.1. The number of carbonyl (C=O) groups is 2. The van der Waals surface area contributed by atoms with Gasteiger partial charge >= 0.3 is 0 Å². The number of imide groups is 1. The summed E-state index contributed by atoms with van der Waals surface area (Å²) in [7, 11) is 0. The number of nitrogens with zero attached hydrogens (tertiary/aromatic N) is 2. The van der Waals surface area contributed by atoms with Crippen molar-refractivity contribution in [2.75, 3.05) is 0 Å². The molecule has 0 radical (unpaired) electrons. The third kappa shape index (κ3) is 5.40. The lowest BCUT2D eigenvalue weighted by Gasteiger charge is -2.13. The minimum Gasteiger partial charge on any atom is -0.488 e. The molecule has 0 saturated carbocycles. The second-order valence-electron chi connectivity index (χ2n) is 7.14. The number of rotatable bonds is 6. The van der Waals surface area contributed by atoms with Gasteiger partial charge < -0.3 is 4.74 Å². The van der Waals surface area contributed by atoms with Gasteiger partial charge in [0.25, 0.3) is 11.1 Å². The first-order chi connectivity index (χ1) is 15.9. The second kappa shape index (κ2) is 10.1. The molecule has 0 bridgehead atoms. The molecule has 164 valence electrons. The molecule has 1 aliphatic heterocycles. The van der Waals surface area contributed by atoms with Crippen molar-refractivity contribution in [2.45, 2.75) is 13.2 Å². The minimum absolute atomic E-state index is 0.0272. The van der Waals surface area contributed by atoms with Crippen LogP contribution in [-0.4, -0.2) is 16.0 Å². The molecule has 0 aromatic heterocycles. The Morgan fingerprint density at radius 1 is 1.00 bits per heavy atom. The number of ether oxygens (including phenoxy) is 1. The van der Waals surface area contributed by atoms with E-state index in [2.05, 4.69) is 6.07 Å². The van der Waals surface area contributed by atoms with Crippen LogP contribution in [0.15, 0.2) is 71.6 Å². The number of halogens is 2. The largest absolute Gasteiger partial charge is 0.488 e. The highest BCUT2D eigenvalue weighted by Crippen LogP contribution is 2.36. The Morgan fingerprint density at radius 3 is 2.58 bits per heavy atom. The van der Waals surface area contributed by atoms with Crippen LogP contribution in [0.5, 0.6) is 5.75 Å². The first-order valence-corrected chi connectivity index (χ1v) is 11.4. The Balaban J connectivity index is 1.57. The van der Waals surface area contributed by atoms with Gasteiger partial charge in [-0.15, -0.1) is 0 Å². The Labute approximate surface area is 205 Å². The van der Waals surface area contributed by atoms with Gasteiger partial charge in [0.1, 0.15) is 12.4 Å². The zero-order valence-corrected chi connectivity index (χ0v) is 19.5. The van der Waals surface area contributed by atoms with Crippen molar-refractivity contribution in [1.29, 1.82) is 5.26 Å². The van der Waals surface area contributed by atoms with Crippen LogP contribution in [0.2, 0.25) is 10.0 Å². The fraction of sp³-hybridized carbons (Fsp3) is 0.0800. The van der Waals surface area contributed by atoms with Crippen LogP contribution in [0, 0.1) is 11.3 Å². The third-order valence-electron chi connectivity index (χ3n) is 4.88. The highest BCUT2D eigenvalue weighted by Gasteiger charge is 2.35. The van der Waals surface area contributed by atoms with E-state index in [-0.39, 0.29) is 18.1 Å². The number of nitriles is 1. The van der Waals surface area contributed by atoms with E-state index in [4.69, 9.17) is 27.9 Å². The summed E-state index contributed by atoms with van der Waals surface area (Å²) in [6.07, 6.45) is 1.60. The fourth-order valence-corrected chi connectivity index (χ4v) is 4.49. The molecule has 0 unspecified atom stereocenters. The maximum atomic E-state index is 13.0. The molecular weight excluding hydrogens is 479 g/mol. The van der Waals surface area contributed by atoms with Crippen molar-refractivity contribution in [3.05, 3.63) is 104 Å². The van der Waals surface area contributed by atoms with Crippen molar-refractivity contribution in [3.8, 4) is 11.8 Å². The van der Waals surface area contributed by atoms with Gasteiger partial charge in [-0.2, -0.15) is 5.26 Å². The van der Waals surface area contributed by atoms with Gasteiger partial charge in [-0.05, 0) is 65.4 Å². The van der Waals surface area contributed by atoms with E-state index in [0.29, 0.717) is 32.5 Å². The molecule has 3 aromatic carbocycles. The molecule has 0 spiro atoms. The summed E-state index contributed by atoms with van der Waals surface area (Å²) >= 11 is 13.0. The van der Waals surface area contributed by atoms with Crippen LogP contribution in [0.4, 0.5) is 4.79 Å². The van der Waals surface area contributed by atoms with Crippen molar-refractivity contribution in [3.63, 3.8) is 0 Å². The van der Waals surface area contributed by atoms with Crippen LogP contribution in [0.1, 0.15) is 22.3 Å². The Morgan fingerprint density at radius 2 is 1.79 bits per heavy atom. The summed E-state index contributed by atoms with van der Waals surface area (Å²) < 4.78 is 5.94. The molecule has 5 nitrogen and oxygen atoms in total. The second-order valence-corrected chi connectivity index (χ2v) is 9.00. The zero-order chi connectivity index (χ0) is 23.4. The highest BCUT2D eigenvalue weighted by molar-refractivity contribution is 8.18. The first-order valence-electron chi connectivity index (χ1n) is 9.85.